The number of thioether (sulfide) groups is 1. The standard InChI is InChI=1S/C20H20N4OS/c1-21-20(25)17-9-7-15(8-10-17)11-23-18-12-22-13-19(24-18)26-14-16-5-3-2-4-6-16/h2-10,12-13H,11,14H2,1H3,(H,21,25)(H,23,24). The molecule has 1 amide bonds. The van der Waals surface area contributed by atoms with Gasteiger partial charge in [0.05, 0.1) is 12.4 Å². The Hall–Kier alpha value is -2.86. The van der Waals surface area contributed by atoms with Crippen molar-refractivity contribution in [3.8, 4) is 0 Å². The summed E-state index contributed by atoms with van der Waals surface area (Å²) in [6.45, 7) is 0.621. The zero-order chi connectivity index (χ0) is 18.2. The number of rotatable bonds is 7. The summed E-state index contributed by atoms with van der Waals surface area (Å²) >= 11 is 1.66. The molecule has 2 N–H and O–H groups in total. The number of hydrogen-bond donors (Lipinski definition) is 2. The Bertz CT molecular complexity index is 853. The lowest BCUT2D eigenvalue weighted by Gasteiger charge is -2.08. The molecular weight excluding hydrogens is 344 g/mol. The molecule has 2 aromatic carbocycles. The number of carbonyl (C=O) groups excluding carboxylic acids is 1. The molecule has 26 heavy (non-hydrogen) atoms. The summed E-state index contributed by atoms with van der Waals surface area (Å²) in [5.74, 6) is 1.51. The molecule has 1 aromatic heterocycles. The number of benzene rings is 2. The molecule has 0 aliphatic heterocycles. The van der Waals surface area contributed by atoms with Gasteiger partial charge in [-0.3, -0.25) is 9.78 Å². The number of hydrogen-bond acceptors (Lipinski definition) is 5. The van der Waals surface area contributed by atoms with E-state index in [0.717, 1.165) is 22.2 Å². The fourth-order valence-corrected chi connectivity index (χ4v) is 3.15. The smallest absolute Gasteiger partial charge is 0.251 e. The van der Waals surface area contributed by atoms with Gasteiger partial charge in [0.2, 0.25) is 0 Å². The van der Waals surface area contributed by atoms with Crippen molar-refractivity contribution < 1.29 is 4.79 Å². The summed E-state index contributed by atoms with van der Waals surface area (Å²) in [5.41, 5.74) is 2.98. The van der Waals surface area contributed by atoms with E-state index in [-0.39, 0.29) is 5.91 Å². The van der Waals surface area contributed by atoms with Crippen molar-refractivity contribution in [1.82, 2.24) is 15.3 Å². The Morgan fingerprint density at radius 2 is 1.77 bits per heavy atom. The van der Waals surface area contributed by atoms with Gasteiger partial charge in [-0.25, -0.2) is 4.98 Å². The summed E-state index contributed by atoms with van der Waals surface area (Å²) in [6, 6.07) is 17.8. The molecule has 5 nitrogen and oxygen atoms in total. The summed E-state index contributed by atoms with van der Waals surface area (Å²) in [4.78, 5) is 20.4. The van der Waals surface area contributed by atoms with Crippen molar-refractivity contribution in [3.63, 3.8) is 0 Å². The average Bonchev–Trinajstić information content (AvgIpc) is 2.71. The summed E-state index contributed by atoms with van der Waals surface area (Å²) < 4.78 is 0. The van der Waals surface area contributed by atoms with Gasteiger partial charge in [0.1, 0.15) is 10.8 Å². The van der Waals surface area contributed by atoms with E-state index < -0.39 is 0 Å². The molecule has 3 aromatic rings. The Labute approximate surface area is 157 Å². The van der Waals surface area contributed by atoms with Crippen LogP contribution in [0.4, 0.5) is 5.82 Å². The van der Waals surface area contributed by atoms with Gasteiger partial charge in [-0.05, 0) is 23.3 Å². The molecule has 3 rings (SSSR count). The molecular formula is C20H20N4OS. The van der Waals surface area contributed by atoms with Crippen molar-refractivity contribution in [2.45, 2.75) is 17.3 Å². The molecule has 0 unspecified atom stereocenters. The molecule has 0 spiro atoms. The van der Waals surface area contributed by atoms with Crippen LogP contribution in [0.2, 0.25) is 0 Å². The van der Waals surface area contributed by atoms with Crippen LogP contribution in [0.15, 0.2) is 72.0 Å². The van der Waals surface area contributed by atoms with E-state index in [9.17, 15) is 4.79 Å². The molecule has 132 valence electrons. The lowest BCUT2D eigenvalue weighted by molar-refractivity contribution is 0.0963. The number of anilines is 1. The highest BCUT2D eigenvalue weighted by atomic mass is 32.2. The molecule has 0 aliphatic rings. The third kappa shape index (κ3) is 5.07. The quantitative estimate of drug-likeness (QED) is 0.625. The molecule has 0 bridgehead atoms. The second-order valence-corrected chi connectivity index (χ2v) is 6.64. The minimum atomic E-state index is -0.0847. The molecule has 0 radical (unpaired) electrons. The van der Waals surface area contributed by atoms with Crippen LogP contribution >= 0.6 is 11.8 Å². The minimum absolute atomic E-state index is 0.0847. The van der Waals surface area contributed by atoms with Gasteiger partial charge in [0.25, 0.3) is 5.91 Å². The van der Waals surface area contributed by atoms with E-state index in [4.69, 9.17) is 0 Å². The fraction of sp³-hybridized carbons (Fsp3) is 0.150. The van der Waals surface area contributed by atoms with Crippen LogP contribution in [0.1, 0.15) is 21.5 Å². The van der Waals surface area contributed by atoms with Crippen LogP contribution in [0, 0.1) is 0 Å². The first-order chi connectivity index (χ1) is 12.7. The van der Waals surface area contributed by atoms with Crippen LogP contribution in [-0.4, -0.2) is 22.9 Å². The number of carbonyl (C=O) groups is 1. The van der Waals surface area contributed by atoms with Crippen LogP contribution in [0.3, 0.4) is 0 Å². The van der Waals surface area contributed by atoms with Gasteiger partial charge in [-0.2, -0.15) is 0 Å². The summed E-state index contributed by atoms with van der Waals surface area (Å²) in [5, 5.41) is 6.77. The first-order valence-electron chi connectivity index (χ1n) is 8.28. The molecule has 0 saturated carbocycles. The molecule has 0 aliphatic carbocycles. The van der Waals surface area contributed by atoms with E-state index in [1.165, 1.54) is 5.56 Å². The Kier molecular flexibility index (Phi) is 6.22. The Balaban J connectivity index is 1.56. The van der Waals surface area contributed by atoms with Crippen LogP contribution in [0.5, 0.6) is 0 Å². The maximum Gasteiger partial charge on any atom is 0.251 e. The van der Waals surface area contributed by atoms with E-state index in [0.29, 0.717) is 12.1 Å². The zero-order valence-electron chi connectivity index (χ0n) is 14.5. The molecule has 0 atom stereocenters. The third-order valence-electron chi connectivity index (χ3n) is 3.76. The minimum Gasteiger partial charge on any atom is -0.365 e. The number of nitrogens with zero attached hydrogens (tertiary/aromatic N) is 2. The van der Waals surface area contributed by atoms with Crippen LogP contribution in [-0.2, 0) is 12.3 Å². The molecule has 0 fully saturated rings. The largest absolute Gasteiger partial charge is 0.365 e. The topological polar surface area (TPSA) is 66.9 Å². The SMILES string of the molecule is CNC(=O)c1ccc(CNc2cncc(SCc3ccccc3)n2)cc1. The second kappa shape index (κ2) is 9.01. The maximum absolute atomic E-state index is 11.6. The molecule has 1 heterocycles. The van der Waals surface area contributed by atoms with Crippen LogP contribution < -0.4 is 10.6 Å². The van der Waals surface area contributed by atoms with Gasteiger partial charge in [-0.15, -0.1) is 11.8 Å². The van der Waals surface area contributed by atoms with Gasteiger partial charge >= 0.3 is 0 Å². The van der Waals surface area contributed by atoms with Gasteiger partial charge in [0, 0.05) is 24.9 Å². The van der Waals surface area contributed by atoms with Crippen LogP contribution in [0.25, 0.3) is 0 Å². The first-order valence-corrected chi connectivity index (χ1v) is 9.27. The number of amides is 1. The lowest BCUT2D eigenvalue weighted by atomic mass is 10.1. The highest BCUT2D eigenvalue weighted by molar-refractivity contribution is 7.98. The monoisotopic (exact) mass is 364 g/mol. The van der Waals surface area contributed by atoms with Gasteiger partial charge < -0.3 is 10.6 Å². The first kappa shape index (κ1) is 17.9. The zero-order valence-corrected chi connectivity index (χ0v) is 15.3. The Morgan fingerprint density at radius 3 is 2.50 bits per heavy atom. The van der Waals surface area contributed by atoms with Crippen molar-refractivity contribution >= 4 is 23.5 Å². The summed E-state index contributed by atoms with van der Waals surface area (Å²) in [6.07, 6.45) is 3.49. The van der Waals surface area contributed by atoms with E-state index in [2.05, 4.69) is 32.7 Å². The van der Waals surface area contributed by atoms with E-state index in [1.807, 2.05) is 42.5 Å². The Morgan fingerprint density at radius 1 is 1.00 bits per heavy atom. The van der Waals surface area contributed by atoms with Crippen molar-refractivity contribution in [2.75, 3.05) is 12.4 Å². The van der Waals surface area contributed by atoms with Crippen molar-refractivity contribution in [2.24, 2.45) is 0 Å². The highest BCUT2D eigenvalue weighted by Gasteiger charge is 2.04. The van der Waals surface area contributed by atoms with Crippen molar-refractivity contribution in [3.05, 3.63) is 83.7 Å². The number of nitrogens with one attached hydrogen (secondary N) is 2. The molecule has 0 saturated heterocycles. The highest BCUT2D eigenvalue weighted by Crippen LogP contribution is 2.21. The maximum atomic E-state index is 11.6. The van der Waals surface area contributed by atoms with Crippen molar-refractivity contribution in [1.29, 1.82) is 0 Å². The van der Waals surface area contributed by atoms with Gasteiger partial charge in [0.15, 0.2) is 0 Å². The second-order valence-electron chi connectivity index (χ2n) is 5.65. The molecule has 6 heteroatoms. The normalized spacial score (nSPS) is 10.3. The van der Waals surface area contributed by atoms with E-state index >= 15 is 0 Å². The number of aromatic nitrogens is 2. The lowest BCUT2D eigenvalue weighted by Crippen LogP contribution is -2.17. The van der Waals surface area contributed by atoms with Gasteiger partial charge in [-0.1, -0.05) is 42.5 Å². The summed E-state index contributed by atoms with van der Waals surface area (Å²) in [7, 11) is 1.62. The van der Waals surface area contributed by atoms with E-state index in [1.54, 1.807) is 31.2 Å². The fourth-order valence-electron chi connectivity index (χ4n) is 2.35. The third-order valence-corrected chi connectivity index (χ3v) is 4.73. The predicted molar refractivity (Wildman–Crippen MR) is 105 cm³/mol. The average molecular weight is 364 g/mol. The predicted octanol–water partition coefficient (Wildman–Crippen LogP) is 3.74.